The standard InChI is InChI=1S/C16H22N4O/c1-12(17-8-7-16-18-9-10-20(16)3)14-5-4-6-15(11-14)19-13(2)21/h4-6,9-12,17H,7-8H2,1-3H3,(H,19,21). The van der Waals surface area contributed by atoms with Crippen LogP contribution in [0.5, 0.6) is 0 Å². The lowest BCUT2D eigenvalue weighted by Crippen LogP contribution is -2.22. The van der Waals surface area contributed by atoms with Crippen LogP contribution in [0.25, 0.3) is 0 Å². The summed E-state index contributed by atoms with van der Waals surface area (Å²) in [6, 6.07) is 8.13. The third-order valence-electron chi connectivity index (χ3n) is 3.43. The van der Waals surface area contributed by atoms with Gasteiger partial charge in [0.15, 0.2) is 0 Å². The van der Waals surface area contributed by atoms with Gasteiger partial charge in [0.2, 0.25) is 5.91 Å². The third kappa shape index (κ3) is 4.43. The number of aryl methyl sites for hydroxylation is 1. The van der Waals surface area contributed by atoms with Crippen LogP contribution in [0, 0.1) is 0 Å². The first kappa shape index (κ1) is 15.3. The lowest BCUT2D eigenvalue weighted by molar-refractivity contribution is -0.114. The van der Waals surface area contributed by atoms with Gasteiger partial charge >= 0.3 is 0 Å². The van der Waals surface area contributed by atoms with Crippen LogP contribution in [0.1, 0.15) is 31.3 Å². The molecule has 1 heterocycles. The van der Waals surface area contributed by atoms with Gasteiger partial charge in [-0.2, -0.15) is 0 Å². The number of hydrogen-bond donors (Lipinski definition) is 2. The first-order valence-corrected chi connectivity index (χ1v) is 7.13. The Bertz CT molecular complexity index is 606. The predicted molar refractivity (Wildman–Crippen MR) is 84.1 cm³/mol. The molecule has 1 aromatic heterocycles. The molecule has 1 atom stereocenters. The second kappa shape index (κ2) is 7.04. The molecule has 1 unspecified atom stereocenters. The van der Waals surface area contributed by atoms with Crippen LogP contribution in [0.3, 0.4) is 0 Å². The van der Waals surface area contributed by atoms with E-state index in [-0.39, 0.29) is 11.9 Å². The number of imidazole rings is 1. The van der Waals surface area contributed by atoms with Gasteiger partial charge in [-0.15, -0.1) is 0 Å². The lowest BCUT2D eigenvalue weighted by atomic mass is 10.1. The summed E-state index contributed by atoms with van der Waals surface area (Å²) in [6.45, 7) is 4.49. The molecule has 1 aromatic carbocycles. The predicted octanol–water partition coefficient (Wildman–Crippen LogP) is 2.27. The maximum Gasteiger partial charge on any atom is 0.221 e. The summed E-state index contributed by atoms with van der Waals surface area (Å²) < 4.78 is 2.03. The fourth-order valence-corrected chi connectivity index (χ4v) is 2.24. The van der Waals surface area contributed by atoms with E-state index in [1.807, 2.05) is 42.2 Å². The summed E-state index contributed by atoms with van der Waals surface area (Å²) in [6.07, 6.45) is 4.66. The number of amides is 1. The van der Waals surface area contributed by atoms with E-state index in [2.05, 4.69) is 28.6 Å². The van der Waals surface area contributed by atoms with Crippen molar-refractivity contribution in [2.75, 3.05) is 11.9 Å². The van der Waals surface area contributed by atoms with Gasteiger partial charge < -0.3 is 15.2 Å². The molecule has 0 bridgehead atoms. The number of nitrogens with one attached hydrogen (secondary N) is 2. The minimum atomic E-state index is -0.0532. The van der Waals surface area contributed by atoms with Gasteiger partial charge in [0.1, 0.15) is 5.82 Å². The van der Waals surface area contributed by atoms with Crippen molar-refractivity contribution in [2.24, 2.45) is 7.05 Å². The number of benzene rings is 1. The van der Waals surface area contributed by atoms with Crippen molar-refractivity contribution >= 4 is 11.6 Å². The highest BCUT2D eigenvalue weighted by molar-refractivity contribution is 5.88. The molecule has 0 aliphatic heterocycles. The van der Waals surface area contributed by atoms with Crippen LogP contribution in [0.2, 0.25) is 0 Å². The van der Waals surface area contributed by atoms with E-state index in [0.717, 1.165) is 30.0 Å². The molecule has 2 aromatic rings. The van der Waals surface area contributed by atoms with E-state index < -0.39 is 0 Å². The Balaban J connectivity index is 1.89. The Kier molecular flexibility index (Phi) is 5.11. The average Bonchev–Trinajstić information content (AvgIpc) is 2.84. The molecule has 2 N–H and O–H groups in total. The molecule has 0 spiro atoms. The average molecular weight is 286 g/mol. The molecule has 0 radical (unpaired) electrons. The SMILES string of the molecule is CC(=O)Nc1cccc(C(C)NCCc2nccn2C)c1. The molecular weight excluding hydrogens is 264 g/mol. The summed E-state index contributed by atoms with van der Waals surface area (Å²) in [7, 11) is 2.00. The molecule has 5 nitrogen and oxygen atoms in total. The zero-order valence-corrected chi connectivity index (χ0v) is 12.8. The number of anilines is 1. The normalized spacial score (nSPS) is 12.1. The molecule has 0 saturated heterocycles. The van der Waals surface area contributed by atoms with Crippen molar-refractivity contribution in [1.29, 1.82) is 0 Å². The van der Waals surface area contributed by atoms with Crippen molar-refractivity contribution < 1.29 is 4.79 Å². The van der Waals surface area contributed by atoms with Crippen LogP contribution in [-0.2, 0) is 18.3 Å². The van der Waals surface area contributed by atoms with E-state index in [1.165, 1.54) is 6.92 Å². The number of nitrogens with zero attached hydrogens (tertiary/aromatic N) is 2. The summed E-state index contributed by atoms with van der Waals surface area (Å²) in [5.74, 6) is 1.02. The maximum atomic E-state index is 11.1. The number of carbonyl (C=O) groups excluding carboxylic acids is 1. The highest BCUT2D eigenvalue weighted by Gasteiger charge is 2.07. The van der Waals surface area contributed by atoms with Gasteiger partial charge in [0, 0.05) is 51.1 Å². The minimum Gasteiger partial charge on any atom is -0.338 e. The number of carbonyl (C=O) groups is 1. The lowest BCUT2D eigenvalue weighted by Gasteiger charge is -2.15. The first-order valence-electron chi connectivity index (χ1n) is 7.13. The molecule has 5 heteroatoms. The van der Waals surface area contributed by atoms with Gasteiger partial charge in [0.05, 0.1) is 0 Å². The number of rotatable bonds is 6. The number of hydrogen-bond acceptors (Lipinski definition) is 3. The van der Waals surface area contributed by atoms with Crippen LogP contribution in [-0.4, -0.2) is 22.0 Å². The zero-order chi connectivity index (χ0) is 15.2. The molecular formula is C16H22N4O. The van der Waals surface area contributed by atoms with Crippen LogP contribution in [0.15, 0.2) is 36.7 Å². The summed E-state index contributed by atoms with van der Waals surface area (Å²) in [5, 5.41) is 6.28. The van der Waals surface area contributed by atoms with Crippen LogP contribution in [0.4, 0.5) is 5.69 Å². The van der Waals surface area contributed by atoms with Gasteiger partial charge in [-0.25, -0.2) is 4.98 Å². The van der Waals surface area contributed by atoms with Gasteiger partial charge in [0.25, 0.3) is 0 Å². The number of aromatic nitrogens is 2. The summed E-state index contributed by atoms with van der Waals surface area (Å²) in [5.41, 5.74) is 1.99. The van der Waals surface area contributed by atoms with Gasteiger partial charge in [-0.05, 0) is 24.6 Å². The summed E-state index contributed by atoms with van der Waals surface area (Å²) in [4.78, 5) is 15.4. The molecule has 0 saturated carbocycles. The molecule has 1 amide bonds. The van der Waals surface area contributed by atoms with Crippen molar-refractivity contribution in [3.63, 3.8) is 0 Å². The first-order chi connectivity index (χ1) is 10.1. The summed E-state index contributed by atoms with van der Waals surface area (Å²) >= 11 is 0. The van der Waals surface area contributed by atoms with Crippen LogP contribution >= 0.6 is 0 Å². The van der Waals surface area contributed by atoms with Gasteiger partial charge in [-0.1, -0.05) is 12.1 Å². The Morgan fingerprint density at radius 2 is 2.24 bits per heavy atom. The fraction of sp³-hybridized carbons (Fsp3) is 0.375. The smallest absolute Gasteiger partial charge is 0.221 e. The van der Waals surface area contributed by atoms with E-state index in [4.69, 9.17) is 0 Å². The Morgan fingerprint density at radius 1 is 1.43 bits per heavy atom. The van der Waals surface area contributed by atoms with Crippen molar-refractivity contribution in [1.82, 2.24) is 14.9 Å². The van der Waals surface area contributed by atoms with Crippen molar-refractivity contribution in [3.8, 4) is 0 Å². The quantitative estimate of drug-likeness (QED) is 0.856. The van der Waals surface area contributed by atoms with E-state index >= 15 is 0 Å². The fourth-order valence-electron chi connectivity index (χ4n) is 2.24. The minimum absolute atomic E-state index is 0.0532. The highest BCUT2D eigenvalue weighted by Crippen LogP contribution is 2.17. The second-order valence-electron chi connectivity index (χ2n) is 5.19. The molecule has 0 aliphatic carbocycles. The highest BCUT2D eigenvalue weighted by atomic mass is 16.1. The van der Waals surface area contributed by atoms with E-state index in [9.17, 15) is 4.79 Å². The largest absolute Gasteiger partial charge is 0.338 e. The van der Waals surface area contributed by atoms with Crippen molar-refractivity contribution in [3.05, 3.63) is 48.0 Å². The molecule has 112 valence electrons. The second-order valence-corrected chi connectivity index (χ2v) is 5.19. The molecule has 0 aliphatic rings. The third-order valence-corrected chi connectivity index (χ3v) is 3.43. The van der Waals surface area contributed by atoms with Gasteiger partial charge in [-0.3, -0.25) is 4.79 Å². The molecule has 2 rings (SSSR count). The maximum absolute atomic E-state index is 11.1. The molecule has 0 fully saturated rings. The zero-order valence-electron chi connectivity index (χ0n) is 12.8. The van der Waals surface area contributed by atoms with E-state index in [1.54, 1.807) is 0 Å². The molecule has 21 heavy (non-hydrogen) atoms. The van der Waals surface area contributed by atoms with E-state index in [0.29, 0.717) is 0 Å². The monoisotopic (exact) mass is 286 g/mol. The van der Waals surface area contributed by atoms with Crippen LogP contribution < -0.4 is 10.6 Å². The Hall–Kier alpha value is -2.14. The Labute approximate surface area is 125 Å². The topological polar surface area (TPSA) is 59.0 Å². The van der Waals surface area contributed by atoms with Crippen molar-refractivity contribution in [2.45, 2.75) is 26.3 Å². The Morgan fingerprint density at radius 3 is 2.90 bits per heavy atom.